The van der Waals surface area contributed by atoms with E-state index >= 15 is 0 Å². The molecule has 110 valence electrons. The first-order valence-corrected chi connectivity index (χ1v) is 8.25. The SMILES string of the molecule is CCOC(=O)CN(C(=O)C1CCS(=O)(=O)C1)C(C)C. The predicted octanol–water partition coefficient (Wildman–Crippen LogP) is 0.221. The van der Waals surface area contributed by atoms with E-state index in [1.54, 1.807) is 20.8 Å². The van der Waals surface area contributed by atoms with Crippen molar-refractivity contribution in [3.63, 3.8) is 0 Å². The Morgan fingerprint density at radius 2 is 2.00 bits per heavy atom. The molecule has 1 atom stereocenters. The van der Waals surface area contributed by atoms with Gasteiger partial charge in [-0.2, -0.15) is 0 Å². The first-order valence-electron chi connectivity index (χ1n) is 6.43. The Bertz CT molecular complexity index is 443. The van der Waals surface area contributed by atoms with Gasteiger partial charge in [0.25, 0.3) is 0 Å². The molecular weight excluding hydrogens is 270 g/mol. The summed E-state index contributed by atoms with van der Waals surface area (Å²) in [4.78, 5) is 25.1. The molecule has 6 nitrogen and oxygen atoms in total. The molecule has 1 heterocycles. The van der Waals surface area contributed by atoms with E-state index in [4.69, 9.17) is 4.74 Å². The van der Waals surface area contributed by atoms with Gasteiger partial charge in [0.2, 0.25) is 5.91 Å². The van der Waals surface area contributed by atoms with E-state index in [9.17, 15) is 18.0 Å². The molecule has 0 aromatic rings. The monoisotopic (exact) mass is 291 g/mol. The van der Waals surface area contributed by atoms with Gasteiger partial charge in [-0.3, -0.25) is 9.59 Å². The minimum Gasteiger partial charge on any atom is -0.465 e. The fourth-order valence-corrected chi connectivity index (χ4v) is 3.82. The summed E-state index contributed by atoms with van der Waals surface area (Å²) >= 11 is 0. The van der Waals surface area contributed by atoms with Gasteiger partial charge in [-0.25, -0.2) is 8.42 Å². The molecule has 0 aromatic heterocycles. The van der Waals surface area contributed by atoms with Crippen LogP contribution in [0.5, 0.6) is 0 Å². The molecule has 0 bridgehead atoms. The summed E-state index contributed by atoms with van der Waals surface area (Å²) in [6.45, 7) is 5.42. The highest BCUT2D eigenvalue weighted by molar-refractivity contribution is 7.91. The number of carbonyl (C=O) groups is 2. The lowest BCUT2D eigenvalue weighted by atomic mass is 10.1. The molecule has 0 saturated carbocycles. The molecule has 0 N–H and O–H groups in total. The maximum Gasteiger partial charge on any atom is 0.325 e. The topological polar surface area (TPSA) is 80.8 Å². The highest BCUT2D eigenvalue weighted by Gasteiger charge is 2.36. The van der Waals surface area contributed by atoms with E-state index in [0.29, 0.717) is 6.42 Å². The molecule has 0 radical (unpaired) electrons. The lowest BCUT2D eigenvalue weighted by molar-refractivity contribution is -0.151. The number of ether oxygens (including phenoxy) is 1. The zero-order valence-electron chi connectivity index (χ0n) is 11.6. The Balaban J connectivity index is 2.71. The summed E-state index contributed by atoms with van der Waals surface area (Å²) in [6, 6.07) is -0.166. The van der Waals surface area contributed by atoms with Crippen LogP contribution >= 0.6 is 0 Å². The molecule has 1 aliphatic rings. The van der Waals surface area contributed by atoms with Crippen molar-refractivity contribution in [2.75, 3.05) is 24.7 Å². The Labute approximate surface area is 114 Å². The Hall–Kier alpha value is -1.11. The predicted molar refractivity (Wildman–Crippen MR) is 70.2 cm³/mol. The molecular formula is C12H21NO5S. The van der Waals surface area contributed by atoms with Crippen LogP contribution in [0, 0.1) is 5.92 Å². The van der Waals surface area contributed by atoms with Gasteiger partial charge in [0, 0.05) is 6.04 Å². The summed E-state index contributed by atoms with van der Waals surface area (Å²) in [5.41, 5.74) is 0. The molecule has 0 spiro atoms. The molecule has 0 aromatic carbocycles. The van der Waals surface area contributed by atoms with Crippen LogP contribution in [-0.2, 0) is 24.2 Å². The van der Waals surface area contributed by atoms with Gasteiger partial charge in [0.15, 0.2) is 9.84 Å². The number of hydrogen-bond acceptors (Lipinski definition) is 5. The zero-order valence-corrected chi connectivity index (χ0v) is 12.4. The summed E-state index contributed by atoms with van der Waals surface area (Å²) in [7, 11) is -3.10. The van der Waals surface area contributed by atoms with Crippen LogP contribution in [-0.4, -0.2) is 55.9 Å². The third-order valence-electron chi connectivity index (χ3n) is 3.09. The lowest BCUT2D eigenvalue weighted by Gasteiger charge is -2.28. The first kappa shape index (κ1) is 15.9. The molecule has 0 aliphatic carbocycles. The van der Waals surface area contributed by atoms with Crippen LogP contribution in [0.15, 0.2) is 0 Å². The average molecular weight is 291 g/mol. The van der Waals surface area contributed by atoms with E-state index in [1.807, 2.05) is 0 Å². The molecule has 1 aliphatic heterocycles. The molecule has 7 heteroatoms. The van der Waals surface area contributed by atoms with Gasteiger partial charge in [-0.05, 0) is 27.2 Å². The second kappa shape index (κ2) is 6.36. The molecule has 1 unspecified atom stereocenters. The number of amides is 1. The zero-order chi connectivity index (χ0) is 14.6. The van der Waals surface area contributed by atoms with E-state index in [2.05, 4.69) is 0 Å². The Morgan fingerprint density at radius 3 is 2.42 bits per heavy atom. The highest BCUT2D eigenvalue weighted by atomic mass is 32.2. The Morgan fingerprint density at radius 1 is 1.37 bits per heavy atom. The van der Waals surface area contributed by atoms with Crippen LogP contribution in [0.4, 0.5) is 0 Å². The summed E-state index contributed by atoms with van der Waals surface area (Å²) in [6.07, 6.45) is 0.340. The highest BCUT2D eigenvalue weighted by Crippen LogP contribution is 2.21. The molecule has 1 amide bonds. The number of hydrogen-bond donors (Lipinski definition) is 0. The number of nitrogens with zero attached hydrogens (tertiary/aromatic N) is 1. The van der Waals surface area contributed by atoms with E-state index in [-0.39, 0.29) is 36.6 Å². The van der Waals surface area contributed by atoms with Gasteiger partial charge in [-0.1, -0.05) is 0 Å². The minimum absolute atomic E-state index is 0.0503. The number of rotatable bonds is 5. The molecule has 19 heavy (non-hydrogen) atoms. The van der Waals surface area contributed by atoms with Crippen molar-refractivity contribution in [2.45, 2.75) is 33.2 Å². The first-order chi connectivity index (χ1) is 8.76. The van der Waals surface area contributed by atoms with Crippen molar-refractivity contribution >= 4 is 21.7 Å². The van der Waals surface area contributed by atoms with E-state index in [0.717, 1.165) is 0 Å². The van der Waals surface area contributed by atoms with Crippen LogP contribution in [0.25, 0.3) is 0 Å². The summed E-state index contributed by atoms with van der Waals surface area (Å²) in [5, 5.41) is 0. The number of sulfone groups is 1. The second-order valence-electron chi connectivity index (χ2n) is 4.96. The molecule has 1 fully saturated rings. The van der Waals surface area contributed by atoms with Gasteiger partial charge >= 0.3 is 5.97 Å². The summed E-state index contributed by atoms with van der Waals surface area (Å²) < 4.78 is 27.6. The summed E-state index contributed by atoms with van der Waals surface area (Å²) in [5.74, 6) is -1.33. The van der Waals surface area contributed by atoms with Crippen molar-refractivity contribution < 1.29 is 22.7 Å². The van der Waals surface area contributed by atoms with Gasteiger partial charge in [0.05, 0.1) is 24.0 Å². The number of esters is 1. The van der Waals surface area contributed by atoms with Crippen molar-refractivity contribution in [1.82, 2.24) is 4.90 Å². The third kappa shape index (κ3) is 4.49. The quantitative estimate of drug-likeness (QED) is 0.677. The largest absolute Gasteiger partial charge is 0.465 e. The van der Waals surface area contributed by atoms with Crippen molar-refractivity contribution in [3.05, 3.63) is 0 Å². The van der Waals surface area contributed by atoms with Crippen molar-refractivity contribution in [2.24, 2.45) is 5.92 Å². The molecule has 1 saturated heterocycles. The second-order valence-corrected chi connectivity index (χ2v) is 7.19. The minimum atomic E-state index is -3.10. The van der Waals surface area contributed by atoms with E-state index < -0.39 is 21.7 Å². The van der Waals surface area contributed by atoms with Crippen LogP contribution < -0.4 is 0 Å². The van der Waals surface area contributed by atoms with Gasteiger partial charge in [0.1, 0.15) is 6.54 Å². The van der Waals surface area contributed by atoms with E-state index in [1.165, 1.54) is 4.90 Å². The van der Waals surface area contributed by atoms with Crippen LogP contribution in [0.3, 0.4) is 0 Å². The third-order valence-corrected chi connectivity index (χ3v) is 4.86. The van der Waals surface area contributed by atoms with Gasteiger partial charge < -0.3 is 9.64 Å². The van der Waals surface area contributed by atoms with Crippen LogP contribution in [0.2, 0.25) is 0 Å². The lowest BCUT2D eigenvalue weighted by Crippen LogP contribution is -2.44. The Kier molecular flexibility index (Phi) is 5.34. The fourth-order valence-electron chi connectivity index (χ4n) is 2.08. The maximum atomic E-state index is 12.3. The van der Waals surface area contributed by atoms with Crippen LogP contribution in [0.1, 0.15) is 27.2 Å². The number of carbonyl (C=O) groups excluding carboxylic acids is 2. The van der Waals surface area contributed by atoms with Crippen molar-refractivity contribution in [3.8, 4) is 0 Å². The maximum absolute atomic E-state index is 12.3. The smallest absolute Gasteiger partial charge is 0.325 e. The average Bonchev–Trinajstić information content (AvgIpc) is 2.66. The standard InChI is InChI=1S/C12H21NO5S/c1-4-18-11(14)7-13(9(2)3)12(15)10-5-6-19(16,17)8-10/h9-10H,4-8H2,1-3H3. The van der Waals surface area contributed by atoms with Crippen molar-refractivity contribution in [1.29, 1.82) is 0 Å². The fraction of sp³-hybridized carbons (Fsp3) is 0.833. The normalized spacial score (nSPS) is 21.4. The molecule has 1 rings (SSSR count). The van der Waals surface area contributed by atoms with Gasteiger partial charge in [-0.15, -0.1) is 0 Å².